The molecule has 0 amide bonds. The third kappa shape index (κ3) is 2.35. The van der Waals surface area contributed by atoms with E-state index in [2.05, 4.69) is 9.97 Å². The summed E-state index contributed by atoms with van der Waals surface area (Å²) in [5, 5.41) is 19.4. The van der Waals surface area contributed by atoms with Crippen LogP contribution in [0.3, 0.4) is 0 Å². The predicted molar refractivity (Wildman–Crippen MR) is 65.0 cm³/mol. The Balaban J connectivity index is 2.37. The van der Waals surface area contributed by atoms with Crippen molar-refractivity contribution in [3.63, 3.8) is 0 Å². The molecule has 0 spiro atoms. The van der Waals surface area contributed by atoms with Crippen LogP contribution >= 0.6 is 0 Å². The van der Waals surface area contributed by atoms with Gasteiger partial charge in [0.2, 0.25) is 11.5 Å². The first-order chi connectivity index (χ1) is 8.70. The number of aromatic nitrogens is 2. The smallest absolute Gasteiger partial charge is 0.249 e. The summed E-state index contributed by atoms with van der Waals surface area (Å²) in [5.74, 6) is -2.09. The second kappa shape index (κ2) is 5.09. The SMILES string of the molecule is O=C(C(O)=C(O)c1ccccn1)c1ccccn1. The van der Waals surface area contributed by atoms with E-state index in [9.17, 15) is 15.0 Å². The number of carbonyl (C=O) groups excluding carboxylic acids is 1. The van der Waals surface area contributed by atoms with Crippen molar-refractivity contribution in [2.45, 2.75) is 0 Å². The van der Waals surface area contributed by atoms with E-state index in [-0.39, 0.29) is 11.4 Å². The second-order valence-corrected chi connectivity index (χ2v) is 3.46. The first kappa shape index (κ1) is 11.8. The van der Waals surface area contributed by atoms with Crippen molar-refractivity contribution in [2.75, 3.05) is 0 Å². The molecule has 2 heterocycles. The van der Waals surface area contributed by atoms with Gasteiger partial charge in [0.15, 0.2) is 5.76 Å². The maximum Gasteiger partial charge on any atom is 0.249 e. The lowest BCUT2D eigenvalue weighted by Gasteiger charge is -2.03. The van der Waals surface area contributed by atoms with Crippen molar-refractivity contribution in [1.29, 1.82) is 0 Å². The monoisotopic (exact) mass is 242 g/mol. The maximum atomic E-state index is 11.8. The number of nitrogens with zero attached hydrogens (tertiary/aromatic N) is 2. The van der Waals surface area contributed by atoms with E-state index >= 15 is 0 Å². The topological polar surface area (TPSA) is 83.3 Å². The summed E-state index contributed by atoms with van der Waals surface area (Å²) in [5.41, 5.74) is 0.178. The van der Waals surface area contributed by atoms with Crippen LogP contribution in [0.2, 0.25) is 0 Å². The Bertz CT molecular complexity index is 580. The van der Waals surface area contributed by atoms with Crippen LogP contribution in [-0.4, -0.2) is 26.0 Å². The molecule has 0 fully saturated rings. The van der Waals surface area contributed by atoms with Crippen LogP contribution in [0.5, 0.6) is 0 Å². The van der Waals surface area contributed by atoms with Crippen molar-refractivity contribution in [3.8, 4) is 0 Å². The Morgan fingerprint density at radius 1 is 0.889 bits per heavy atom. The molecule has 0 unspecified atom stereocenters. The number of aliphatic hydroxyl groups excluding tert-OH is 2. The lowest BCUT2D eigenvalue weighted by atomic mass is 10.1. The summed E-state index contributed by atoms with van der Waals surface area (Å²) < 4.78 is 0. The summed E-state index contributed by atoms with van der Waals surface area (Å²) in [6.45, 7) is 0. The molecule has 2 N–H and O–H groups in total. The molecule has 5 nitrogen and oxygen atoms in total. The Labute approximate surface area is 103 Å². The van der Waals surface area contributed by atoms with Gasteiger partial charge in [-0.1, -0.05) is 12.1 Å². The third-order valence-electron chi connectivity index (χ3n) is 2.24. The first-order valence-electron chi connectivity index (χ1n) is 5.19. The van der Waals surface area contributed by atoms with E-state index in [0.717, 1.165) is 0 Å². The molecule has 0 saturated carbocycles. The van der Waals surface area contributed by atoms with Gasteiger partial charge in [0.25, 0.3) is 0 Å². The molecule has 2 rings (SSSR count). The van der Waals surface area contributed by atoms with Gasteiger partial charge >= 0.3 is 0 Å². The predicted octanol–water partition coefficient (Wildman–Crippen LogP) is 2.14. The molecule has 0 atom stereocenters. The highest BCUT2D eigenvalue weighted by Crippen LogP contribution is 2.14. The molecule has 5 heteroatoms. The maximum absolute atomic E-state index is 11.8. The molecule has 2 aromatic heterocycles. The fourth-order valence-electron chi connectivity index (χ4n) is 1.35. The zero-order valence-electron chi connectivity index (χ0n) is 9.32. The van der Waals surface area contributed by atoms with Crippen molar-refractivity contribution in [3.05, 3.63) is 65.9 Å². The zero-order chi connectivity index (χ0) is 13.0. The standard InChI is InChI=1S/C13H10N2O3/c16-11(9-5-1-3-7-14-9)13(18)12(17)10-6-2-4-8-15-10/h1-8,16,18H. The molecule has 0 saturated heterocycles. The molecule has 2 aromatic rings. The van der Waals surface area contributed by atoms with Gasteiger partial charge < -0.3 is 10.2 Å². The van der Waals surface area contributed by atoms with Crippen LogP contribution < -0.4 is 0 Å². The van der Waals surface area contributed by atoms with Gasteiger partial charge in [-0.3, -0.25) is 14.8 Å². The molecule has 0 aliphatic rings. The lowest BCUT2D eigenvalue weighted by Crippen LogP contribution is -2.08. The van der Waals surface area contributed by atoms with Crippen molar-refractivity contribution in [1.82, 2.24) is 9.97 Å². The molecular formula is C13H10N2O3. The van der Waals surface area contributed by atoms with Gasteiger partial charge in [0, 0.05) is 12.4 Å². The third-order valence-corrected chi connectivity index (χ3v) is 2.24. The van der Waals surface area contributed by atoms with Crippen LogP contribution in [0, 0.1) is 0 Å². The van der Waals surface area contributed by atoms with E-state index in [1.807, 2.05) is 0 Å². The largest absolute Gasteiger partial charge is 0.503 e. The minimum atomic E-state index is -0.771. The van der Waals surface area contributed by atoms with E-state index < -0.39 is 17.3 Å². The molecule has 0 aromatic carbocycles. The summed E-state index contributed by atoms with van der Waals surface area (Å²) in [4.78, 5) is 19.4. The van der Waals surface area contributed by atoms with Gasteiger partial charge in [-0.15, -0.1) is 0 Å². The molecule has 0 radical (unpaired) electrons. The average Bonchev–Trinajstić information content (AvgIpc) is 2.47. The van der Waals surface area contributed by atoms with Gasteiger partial charge in [0.1, 0.15) is 11.4 Å². The van der Waals surface area contributed by atoms with Crippen LogP contribution in [0.4, 0.5) is 0 Å². The van der Waals surface area contributed by atoms with Gasteiger partial charge in [-0.05, 0) is 24.3 Å². The van der Waals surface area contributed by atoms with Gasteiger partial charge in [0.05, 0.1) is 0 Å². The van der Waals surface area contributed by atoms with Crippen molar-refractivity contribution < 1.29 is 15.0 Å². The number of pyridine rings is 2. The highest BCUT2D eigenvalue weighted by atomic mass is 16.3. The van der Waals surface area contributed by atoms with Gasteiger partial charge in [-0.25, -0.2) is 0 Å². The van der Waals surface area contributed by atoms with E-state index in [1.165, 1.54) is 24.5 Å². The molecule has 0 bridgehead atoms. The Hall–Kier alpha value is -2.69. The number of allylic oxidation sites excluding steroid dienone is 1. The van der Waals surface area contributed by atoms with E-state index in [1.54, 1.807) is 24.3 Å². The summed E-state index contributed by atoms with van der Waals surface area (Å²) >= 11 is 0. The molecule has 0 aliphatic heterocycles. The zero-order valence-corrected chi connectivity index (χ0v) is 9.32. The highest BCUT2D eigenvalue weighted by Gasteiger charge is 2.18. The van der Waals surface area contributed by atoms with Gasteiger partial charge in [-0.2, -0.15) is 0 Å². The molecule has 18 heavy (non-hydrogen) atoms. The minimum absolute atomic E-state index is 0.0532. The van der Waals surface area contributed by atoms with Crippen molar-refractivity contribution in [2.24, 2.45) is 0 Å². The second-order valence-electron chi connectivity index (χ2n) is 3.46. The van der Waals surface area contributed by atoms with E-state index in [0.29, 0.717) is 0 Å². The summed E-state index contributed by atoms with van der Waals surface area (Å²) in [7, 11) is 0. The Morgan fingerprint density at radius 3 is 1.94 bits per heavy atom. The molecular weight excluding hydrogens is 232 g/mol. The van der Waals surface area contributed by atoms with Crippen LogP contribution in [0.25, 0.3) is 5.76 Å². The quantitative estimate of drug-likeness (QED) is 0.489. The summed E-state index contributed by atoms with van der Waals surface area (Å²) in [6.07, 6.45) is 2.88. The number of Topliss-reactive ketones (excluding diaryl/α,β-unsaturated/α-hetero) is 1. The normalized spacial score (nSPS) is 11.8. The Kier molecular flexibility index (Phi) is 3.33. The lowest BCUT2D eigenvalue weighted by molar-refractivity contribution is 0.0970. The number of hydrogen-bond acceptors (Lipinski definition) is 5. The fourth-order valence-corrected chi connectivity index (χ4v) is 1.35. The Morgan fingerprint density at radius 2 is 1.44 bits per heavy atom. The highest BCUT2D eigenvalue weighted by molar-refractivity contribution is 6.09. The van der Waals surface area contributed by atoms with Crippen molar-refractivity contribution >= 4 is 11.5 Å². The summed E-state index contributed by atoms with van der Waals surface area (Å²) in [6, 6.07) is 9.49. The molecule has 0 aliphatic carbocycles. The number of carbonyl (C=O) groups is 1. The van der Waals surface area contributed by atoms with Crippen LogP contribution in [0.15, 0.2) is 54.6 Å². The van der Waals surface area contributed by atoms with Crippen LogP contribution in [-0.2, 0) is 0 Å². The number of hydrogen-bond donors (Lipinski definition) is 2. The van der Waals surface area contributed by atoms with Crippen LogP contribution in [0.1, 0.15) is 16.2 Å². The fraction of sp³-hybridized carbons (Fsp3) is 0. The van der Waals surface area contributed by atoms with E-state index in [4.69, 9.17) is 0 Å². The number of aliphatic hydroxyl groups is 2. The number of ketones is 1. The first-order valence-corrected chi connectivity index (χ1v) is 5.19. The number of rotatable bonds is 3. The average molecular weight is 242 g/mol. The molecule has 90 valence electrons. The minimum Gasteiger partial charge on any atom is -0.503 e.